The standard InChI is InChI=1S/C19H16N4O2S/c1-11(2)18-22-23-16(20)14(17(24)21-19(23)26-18)10-13-8-9-15(25-13)12-6-4-3-5-7-12/h3-11,20H,1-2H3/b14-10+,20-16?. The van der Waals surface area contributed by atoms with Crippen LogP contribution in [-0.2, 0) is 4.79 Å². The molecule has 0 unspecified atom stereocenters. The van der Waals surface area contributed by atoms with Crippen LogP contribution in [0.4, 0.5) is 0 Å². The van der Waals surface area contributed by atoms with Gasteiger partial charge in [0.1, 0.15) is 16.6 Å². The second kappa shape index (κ2) is 6.42. The molecule has 0 saturated carbocycles. The molecule has 26 heavy (non-hydrogen) atoms. The number of amidine groups is 2. The van der Waals surface area contributed by atoms with Crippen LogP contribution in [0.5, 0.6) is 0 Å². The molecule has 0 radical (unpaired) electrons. The molecule has 0 aliphatic carbocycles. The van der Waals surface area contributed by atoms with E-state index in [0.717, 1.165) is 10.6 Å². The summed E-state index contributed by atoms with van der Waals surface area (Å²) in [5.41, 5.74) is 1.11. The number of nitrogens with one attached hydrogen (secondary N) is 1. The van der Waals surface area contributed by atoms with Gasteiger partial charge >= 0.3 is 0 Å². The van der Waals surface area contributed by atoms with Crippen LogP contribution in [0.25, 0.3) is 17.4 Å². The van der Waals surface area contributed by atoms with Crippen molar-refractivity contribution in [1.29, 1.82) is 5.41 Å². The summed E-state index contributed by atoms with van der Waals surface area (Å²) in [7, 11) is 0. The Balaban J connectivity index is 1.65. The molecule has 4 rings (SSSR count). The second-order valence-electron chi connectivity index (χ2n) is 6.18. The van der Waals surface area contributed by atoms with Crippen LogP contribution < -0.4 is 0 Å². The van der Waals surface area contributed by atoms with Gasteiger partial charge in [0.25, 0.3) is 5.91 Å². The van der Waals surface area contributed by atoms with Gasteiger partial charge in [0.15, 0.2) is 5.84 Å². The number of thioether (sulfide) groups is 1. The van der Waals surface area contributed by atoms with Crippen LogP contribution in [0, 0.1) is 11.3 Å². The van der Waals surface area contributed by atoms with Crippen molar-refractivity contribution in [1.82, 2.24) is 5.01 Å². The number of hydrogen-bond donors (Lipinski definition) is 1. The molecule has 1 amide bonds. The summed E-state index contributed by atoms with van der Waals surface area (Å²) in [4.78, 5) is 16.4. The molecule has 0 atom stereocenters. The molecule has 3 heterocycles. The Hall–Kier alpha value is -2.93. The number of hydrogen-bond acceptors (Lipinski definition) is 5. The molecule has 2 aliphatic heterocycles. The van der Waals surface area contributed by atoms with E-state index >= 15 is 0 Å². The van der Waals surface area contributed by atoms with Gasteiger partial charge in [-0.2, -0.15) is 15.1 Å². The minimum absolute atomic E-state index is 0.0146. The molecule has 0 spiro atoms. The quantitative estimate of drug-likeness (QED) is 0.827. The molecular formula is C19H16N4O2S. The van der Waals surface area contributed by atoms with Gasteiger partial charge in [-0.3, -0.25) is 10.2 Å². The minimum Gasteiger partial charge on any atom is -0.457 e. The zero-order valence-electron chi connectivity index (χ0n) is 14.3. The van der Waals surface area contributed by atoms with E-state index in [2.05, 4.69) is 10.1 Å². The van der Waals surface area contributed by atoms with Gasteiger partial charge in [-0.25, -0.2) is 0 Å². The van der Waals surface area contributed by atoms with Crippen LogP contribution >= 0.6 is 11.8 Å². The van der Waals surface area contributed by atoms with Gasteiger partial charge in [-0.1, -0.05) is 44.2 Å². The van der Waals surface area contributed by atoms with E-state index < -0.39 is 5.91 Å². The van der Waals surface area contributed by atoms with Crippen LogP contribution in [-0.4, -0.2) is 27.0 Å². The van der Waals surface area contributed by atoms with Gasteiger partial charge in [-0.15, -0.1) is 0 Å². The van der Waals surface area contributed by atoms with Crippen molar-refractivity contribution in [2.45, 2.75) is 13.8 Å². The molecule has 0 saturated heterocycles. The number of carbonyl (C=O) groups excluding carboxylic acids is 1. The third kappa shape index (κ3) is 2.90. The molecule has 1 aromatic heterocycles. The van der Waals surface area contributed by atoms with E-state index in [1.807, 2.05) is 50.2 Å². The van der Waals surface area contributed by atoms with Crippen molar-refractivity contribution in [2.75, 3.05) is 0 Å². The number of amides is 1. The van der Waals surface area contributed by atoms with E-state index in [1.54, 1.807) is 12.1 Å². The maximum atomic E-state index is 12.4. The normalized spacial score (nSPS) is 18.4. The lowest BCUT2D eigenvalue weighted by Gasteiger charge is -2.19. The predicted molar refractivity (Wildman–Crippen MR) is 104 cm³/mol. The van der Waals surface area contributed by atoms with Crippen molar-refractivity contribution in [3.05, 3.63) is 53.8 Å². The Labute approximate surface area is 154 Å². The van der Waals surface area contributed by atoms with Crippen molar-refractivity contribution >= 4 is 39.8 Å². The molecule has 1 N–H and O–H groups in total. The summed E-state index contributed by atoms with van der Waals surface area (Å²) in [5.74, 6) is 0.971. The summed E-state index contributed by atoms with van der Waals surface area (Å²) in [5, 5.41) is 15.4. The number of nitrogens with zero attached hydrogens (tertiary/aromatic N) is 3. The molecule has 2 aromatic rings. The monoisotopic (exact) mass is 364 g/mol. The fourth-order valence-electron chi connectivity index (χ4n) is 2.57. The van der Waals surface area contributed by atoms with Crippen LogP contribution in [0.15, 0.2) is 62.5 Å². The third-order valence-electron chi connectivity index (χ3n) is 3.94. The first-order valence-electron chi connectivity index (χ1n) is 8.18. The van der Waals surface area contributed by atoms with E-state index in [9.17, 15) is 4.79 Å². The van der Waals surface area contributed by atoms with Crippen LogP contribution in [0.3, 0.4) is 0 Å². The topological polar surface area (TPSA) is 82.0 Å². The van der Waals surface area contributed by atoms with Gasteiger partial charge in [0.2, 0.25) is 5.17 Å². The lowest BCUT2D eigenvalue weighted by atomic mass is 10.1. The second-order valence-corrected chi connectivity index (χ2v) is 7.17. The number of furan rings is 1. The lowest BCUT2D eigenvalue weighted by Crippen LogP contribution is -2.35. The zero-order valence-corrected chi connectivity index (χ0v) is 15.1. The third-order valence-corrected chi connectivity index (χ3v) is 5.14. The Morgan fingerprint density at radius 1 is 1.19 bits per heavy atom. The van der Waals surface area contributed by atoms with Gasteiger partial charge in [0, 0.05) is 11.5 Å². The average Bonchev–Trinajstić information content (AvgIpc) is 3.26. The molecule has 6 nitrogen and oxygen atoms in total. The predicted octanol–water partition coefficient (Wildman–Crippen LogP) is 4.22. The van der Waals surface area contributed by atoms with Crippen molar-refractivity contribution in [2.24, 2.45) is 16.0 Å². The Kier molecular flexibility index (Phi) is 4.08. The van der Waals surface area contributed by atoms with E-state index in [1.165, 1.54) is 16.8 Å². The van der Waals surface area contributed by atoms with Gasteiger partial charge in [-0.05, 0) is 30.0 Å². The highest BCUT2D eigenvalue weighted by molar-refractivity contribution is 8.27. The minimum atomic E-state index is -0.452. The Morgan fingerprint density at radius 3 is 2.69 bits per heavy atom. The summed E-state index contributed by atoms with van der Waals surface area (Å²) in [6.45, 7) is 4.03. The van der Waals surface area contributed by atoms with Gasteiger partial charge < -0.3 is 4.42 Å². The van der Waals surface area contributed by atoms with Crippen LogP contribution in [0.2, 0.25) is 0 Å². The summed E-state index contributed by atoms with van der Waals surface area (Å²) in [6.07, 6.45) is 1.55. The largest absolute Gasteiger partial charge is 0.457 e. The number of fused-ring (bicyclic) bond motifs is 1. The first-order chi connectivity index (χ1) is 12.5. The van der Waals surface area contributed by atoms with Gasteiger partial charge in [0.05, 0.1) is 5.57 Å². The zero-order chi connectivity index (χ0) is 18.3. The highest BCUT2D eigenvalue weighted by Crippen LogP contribution is 2.31. The molecule has 2 aliphatic rings. The van der Waals surface area contributed by atoms with Crippen molar-refractivity contribution in [3.63, 3.8) is 0 Å². The van der Waals surface area contributed by atoms with Crippen molar-refractivity contribution in [3.8, 4) is 11.3 Å². The maximum absolute atomic E-state index is 12.4. The molecule has 1 aromatic carbocycles. The molecular weight excluding hydrogens is 348 g/mol. The number of aliphatic imine (C=N–C) groups is 1. The van der Waals surface area contributed by atoms with Crippen LogP contribution in [0.1, 0.15) is 19.6 Å². The summed E-state index contributed by atoms with van der Waals surface area (Å²) in [6, 6.07) is 13.3. The van der Waals surface area contributed by atoms with Crippen molar-refractivity contribution < 1.29 is 9.21 Å². The smallest absolute Gasteiger partial charge is 0.283 e. The van der Waals surface area contributed by atoms with E-state index in [4.69, 9.17) is 9.83 Å². The highest BCUT2D eigenvalue weighted by Gasteiger charge is 2.36. The molecule has 130 valence electrons. The Bertz CT molecular complexity index is 986. The Morgan fingerprint density at radius 2 is 1.96 bits per heavy atom. The fraction of sp³-hybridized carbons (Fsp3) is 0.158. The first-order valence-corrected chi connectivity index (χ1v) is 9.00. The SMILES string of the molecule is CC(C)C1=NN2C(=N)/C(=C\c3ccc(-c4ccccc4)o3)C(=O)N=C2S1. The lowest BCUT2D eigenvalue weighted by molar-refractivity contribution is -0.114. The average molecular weight is 364 g/mol. The highest BCUT2D eigenvalue weighted by atomic mass is 32.2. The summed E-state index contributed by atoms with van der Waals surface area (Å²) < 4.78 is 5.81. The number of carbonyl (C=O) groups is 1. The molecule has 0 fully saturated rings. The van der Waals surface area contributed by atoms with E-state index in [0.29, 0.717) is 16.7 Å². The molecule has 0 bridgehead atoms. The number of benzene rings is 1. The van der Waals surface area contributed by atoms with E-state index in [-0.39, 0.29) is 17.3 Å². The maximum Gasteiger partial charge on any atom is 0.283 e. The fourth-order valence-corrected chi connectivity index (χ4v) is 3.46. The first kappa shape index (κ1) is 16.5. The molecule has 7 heteroatoms. The number of rotatable bonds is 3. The number of hydrazone groups is 1. The summed E-state index contributed by atoms with van der Waals surface area (Å²) >= 11 is 1.33.